The quantitative estimate of drug-likeness (QED) is 0.197. The molecule has 0 saturated heterocycles. The normalized spacial score (nSPS) is 16.7. The molecule has 0 aromatic heterocycles. The van der Waals surface area contributed by atoms with Gasteiger partial charge in [-0.25, -0.2) is 0 Å². The number of hydrogen-bond acceptors (Lipinski definition) is 4. The topological polar surface area (TPSA) is 115 Å². The van der Waals surface area contributed by atoms with Gasteiger partial charge in [-0.1, -0.05) is 46.6 Å². The van der Waals surface area contributed by atoms with Crippen molar-refractivity contribution >= 4 is 17.9 Å². The number of carbonyl (C=O) groups excluding carboxylic acids is 1. The smallest absolute Gasteiger partial charge is 0.306 e. The Morgan fingerprint density at radius 2 is 1.30 bits per heavy atom. The van der Waals surface area contributed by atoms with Crippen molar-refractivity contribution in [1.82, 2.24) is 0 Å². The lowest BCUT2D eigenvalue weighted by Crippen LogP contribution is -2.52. The van der Waals surface area contributed by atoms with Gasteiger partial charge < -0.3 is 24.6 Å². The Balaban J connectivity index is 5.44. The van der Waals surface area contributed by atoms with Crippen molar-refractivity contribution in [2.45, 2.75) is 72.6 Å². The van der Waals surface area contributed by atoms with Crippen molar-refractivity contribution in [3.05, 3.63) is 12.2 Å². The number of aliphatic carboxylic acids is 3. The molecule has 0 amide bonds. The van der Waals surface area contributed by atoms with Crippen LogP contribution in [-0.2, 0) is 14.4 Å². The van der Waals surface area contributed by atoms with E-state index in [0.717, 1.165) is 19.3 Å². The Hall–Kier alpha value is -1.89. The summed E-state index contributed by atoms with van der Waals surface area (Å²) in [7, 11) is 0. The SMILES string of the molecule is CCCCC/C=C/C[N+](CCC(C)C(=O)[O-])(CCC(C)C(=O)O)CCC(C)C(=O)O. The summed E-state index contributed by atoms with van der Waals surface area (Å²) in [6, 6.07) is 0. The minimum absolute atomic E-state index is 0.412. The number of allylic oxidation sites excluding steroid dienone is 1. The summed E-state index contributed by atoms with van der Waals surface area (Å²) in [6.45, 7) is 9.43. The third-order valence-electron chi connectivity index (χ3n) is 5.99. The Morgan fingerprint density at radius 1 is 0.833 bits per heavy atom. The molecule has 0 saturated carbocycles. The predicted molar refractivity (Wildman–Crippen MR) is 115 cm³/mol. The highest BCUT2D eigenvalue weighted by Gasteiger charge is 2.30. The van der Waals surface area contributed by atoms with Gasteiger partial charge >= 0.3 is 11.9 Å². The Kier molecular flexibility index (Phi) is 14.0. The lowest BCUT2D eigenvalue weighted by atomic mass is 10.0. The van der Waals surface area contributed by atoms with Gasteiger partial charge in [0.25, 0.3) is 0 Å². The number of nitrogens with zero attached hydrogens (tertiary/aromatic N) is 1. The highest BCUT2D eigenvalue weighted by atomic mass is 16.4. The molecule has 3 atom stereocenters. The zero-order valence-corrected chi connectivity index (χ0v) is 19.1. The van der Waals surface area contributed by atoms with Gasteiger partial charge in [-0.3, -0.25) is 9.59 Å². The second-order valence-electron chi connectivity index (χ2n) is 8.73. The number of rotatable bonds is 18. The fraction of sp³-hybridized carbons (Fsp3) is 0.783. The van der Waals surface area contributed by atoms with Crippen molar-refractivity contribution in [2.75, 3.05) is 26.2 Å². The molecule has 0 bridgehead atoms. The largest absolute Gasteiger partial charge is 0.550 e. The van der Waals surface area contributed by atoms with E-state index in [2.05, 4.69) is 19.1 Å². The molecule has 0 aliphatic heterocycles. The van der Waals surface area contributed by atoms with Crippen LogP contribution in [0.15, 0.2) is 12.2 Å². The summed E-state index contributed by atoms with van der Waals surface area (Å²) >= 11 is 0. The number of carbonyl (C=O) groups is 3. The van der Waals surface area contributed by atoms with Crippen LogP contribution in [0.5, 0.6) is 0 Å². The maximum Gasteiger partial charge on any atom is 0.306 e. The van der Waals surface area contributed by atoms with E-state index in [-0.39, 0.29) is 0 Å². The first-order valence-electron chi connectivity index (χ1n) is 11.2. The summed E-state index contributed by atoms with van der Waals surface area (Å²) in [5.41, 5.74) is 0. The van der Waals surface area contributed by atoms with Gasteiger partial charge in [0.05, 0.1) is 38.0 Å². The fourth-order valence-corrected chi connectivity index (χ4v) is 3.30. The molecule has 0 rings (SSSR count). The van der Waals surface area contributed by atoms with E-state index in [1.807, 2.05) is 0 Å². The van der Waals surface area contributed by atoms with Crippen LogP contribution < -0.4 is 5.11 Å². The minimum atomic E-state index is -1.10. The summed E-state index contributed by atoms with van der Waals surface area (Å²) in [5.74, 6) is -4.43. The van der Waals surface area contributed by atoms with Crippen LogP contribution in [0.1, 0.15) is 72.6 Å². The molecule has 0 aromatic rings. The molecule has 0 aliphatic rings. The molecule has 3 unspecified atom stereocenters. The van der Waals surface area contributed by atoms with Crippen LogP contribution >= 0.6 is 0 Å². The predicted octanol–water partition coefficient (Wildman–Crippen LogP) is 2.94. The van der Waals surface area contributed by atoms with E-state index in [4.69, 9.17) is 0 Å². The molecule has 0 heterocycles. The molecule has 2 N–H and O–H groups in total. The number of quaternary nitrogens is 1. The van der Waals surface area contributed by atoms with Crippen LogP contribution in [-0.4, -0.2) is 58.8 Å². The molecule has 174 valence electrons. The first-order chi connectivity index (χ1) is 14.0. The van der Waals surface area contributed by atoms with Crippen molar-refractivity contribution in [3.63, 3.8) is 0 Å². The molecule has 0 radical (unpaired) electrons. The van der Waals surface area contributed by atoms with Gasteiger partial charge in [0.15, 0.2) is 0 Å². The number of unbranched alkanes of at least 4 members (excludes halogenated alkanes) is 3. The molecule has 0 fully saturated rings. The monoisotopic (exact) mass is 427 g/mol. The number of hydrogen-bond donors (Lipinski definition) is 2. The lowest BCUT2D eigenvalue weighted by molar-refractivity contribution is -0.924. The van der Waals surface area contributed by atoms with Crippen molar-refractivity contribution in [2.24, 2.45) is 17.8 Å². The Labute approximate surface area is 181 Å². The van der Waals surface area contributed by atoms with Crippen LogP contribution in [0.25, 0.3) is 0 Å². The highest BCUT2D eigenvalue weighted by molar-refractivity contribution is 5.69. The zero-order chi connectivity index (χ0) is 23.2. The second kappa shape index (κ2) is 15.0. The van der Waals surface area contributed by atoms with Crippen LogP contribution in [0.3, 0.4) is 0 Å². The van der Waals surface area contributed by atoms with Gasteiger partial charge in [0.1, 0.15) is 0 Å². The summed E-state index contributed by atoms with van der Waals surface area (Å²) in [5, 5.41) is 29.7. The van der Waals surface area contributed by atoms with Crippen LogP contribution in [0.4, 0.5) is 0 Å². The maximum atomic E-state index is 11.3. The average Bonchev–Trinajstić information content (AvgIpc) is 2.69. The molecular formula is C23H41NO6. The molecular weight excluding hydrogens is 386 g/mol. The van der Waals surface area contributed by atoms with E-state index < -0.39 is 35.7 Å². The molecule has 7 heteroatoms. The first kappa shape index (κ1) is 28.1. The summed E-state index contributed by atoms with van der Waals surface area (Å²) in [4.78, 5) is 33.8. The average molecular weight is 428 g/mol. The fourth-order valence-electron chi connectivity index (χ4n) is 3.30. The molecule has 0 spiro atoms. The molecule has 0 aromatic carbocycles. The molecule has 0 aliphatic carbocycles. The summed E-state index contributed by atoms with van der Waals surface area (Å²) < 4.78 is 0.497. The van der Waals surface area contributed by atoms with Gasteiger partial charge in [-0.05, 0) is 18.9 Å². The van der Waals surface area contributed by atoms with E-state index >= 15 is 0 Å². The van der Waals surface area contributed by atoms with E-state index in [9.17, 15) is 29.7 Å². The molecule has 7 nitrogen and oxygen atoms in total. The Bertz CT molecular complexity index is 500. The van der Waals surface area contributed by atoms with Gasteiger partial charge in [-0.15, -0.1) is 0 Å². The third-order valence-corrected chi connectivity index (χ3v) is 5.99. The first-order valence-corrected chi connectivity index (χ1v) is 11.2. The lowest BCUT2D eigenvalue weighted by Gasteiger charge is -2.40. The number of carboxylic acids is 3. The van der Waals surface area contributed by atoms with Gasteiger partial charge in [0.2, 0.25) is 0 Å². The maximum absolute atomic E-state index is 11.3. The van der Waals surface area contributed by atoms with Crippen LogP contribution in [0, 0.1) is 17.8 Å². The van der Waals surface area contributed by atoms with Gasteiger partial charge in [-0.2, -0.15) is 0 Å². The molecule has 30 heavy (non-hydrogen) atoms. The minimum Gasteiger partial charge on any atom is -0.550 e. The van der Waals surface area contributed by atoms with Crippen LogP contribution in [0.2, 0.25) is 0 Å². The number of carboxylic acid groups (broad SMARTS) is 3. The van der Waals surface area contributed by atoms with Crippen molar-refractivity contribution in [1.29, 1.82) is 0 Å². The van der Waals surface area contributed by atoms with E-state index in [0.29, 0.717) is 49.9 Å². The zero-order valence-electron chi connectivity index (χ0n) is 19.1. The third kappa shape index (κ3) is 12.0. The standard InChI is InChI=1S/C23H41NO6/c1-5-6-7-8-9-10-14-24(15-11-18(2)21(25)26,16-12-19(3)22(27)28)17-13-20(4)23(29)30/h9-10,18-20H,5-8,11-17H2,1-4H3,(H2-,25,26,27,28,29,30)/b10-9+. The van der Waals surface area contributed by atoms with Crippen molar-refractivity contribution in [3.8, 4) is 0 Å². The van der Waals surface area contributed by atoms with E-state index in [1.165, 1.54) is 6.42 Å². The Morgan fingerprint density at radius 3 is 1.70 bits per heavy atom. The second-order valence-corrected chi connectivity index (χ2v) is 8.73. The van der Waals surface area contributed by atoms with E-state index in [1.54, 1.807) is 20.8 Å². The van der Waals surface area contributed by atoms with Gasteiger partial charge in [0, 0.05) is 31.1 Å². The highest BCUT2D eigenvalue weighted by Crippen LogP contribution is 2.20. The summed E-state index contributed by atoms with van der Waals surface area (Å²) in [6.07, 6.45) is 9.95. The van der Waals surface area contributed by atoms with Crippen molar-refractivity contribution < 1.29 is 34.2 Å².